The maximum atomic E-state index is 11.8. The molecule has 0 aliphatic rings. The highest BCUT2D eigenvalue weighted by Crippen LogP contribution is 2.44. The number of hydrogen-bond acceptors (Lipinski definition) is 5. The van der Waals surface area contributed by atoms with Crippen LogP contribution in [-0.2, 0) is 4.57 Å². The maximum absolute atomic E-state index is 11.8. The molecule has 0 saturated heterocycles. The predicted molar refractivity (Wildman–Crippen MR) is 103 cm³/mol. The van der Waals surface area contributed by atoms with Gasteiger partial charge in [0, 0.05) is 0 Å². The minimum Gasteiger partial charge on any atom is -0.508 e. The molecule has 0 spiro atoms. The SMILES string of the molecule is Cc1ccc(OP(=O)(O)Oc2ccc(C)cc2)cc1.Oc1ccc(O)cc1. The van der Waals surface area contributed by atoms with Crippen molar-refractivity contribution in [2.24, 2.45) is 0 Å². The molecule has 3 aromatic rings. The van der Waals surface area contributed by atoms with Gasteiger partial charge in [0.1, 0.15) is 23.0 Å². The lowest BCUT2D eigenvalue weighted by Gasteiger charge is -2.13. The van der Waals surface area contributed by atoms with Crippen LogP contribution in [0.1, 0.15) is 11.1 Å². The van der Waals surface area contributed by atoms with E-state index >= 15 is 0 Å². The summed E-state index contributed by atoms with van der Waals surface area (Å²) in [7, 11) is -4.17. The first kappa shape index (κ1) is 20.4. The summed E-state index contributed by atoms with van der Waals surface area (Å²) in [6.07, 6.45) is 0. The molecular weight excluding hydrogens is 367 g/mol. The molecule has 142 valence electrons. The normalized spacial score (nSPS) is 10.5. The van der Waals surface area contributed by atoms with Gasteiger partial charge in [0.25, 0.3) is 0 Å². The van der Waals surface area contributed by atoms with Gasteiger partial charge in [0.05, 0.1) is 0 Å². The first-order valence-corrected chi connectivity index (χ1v) is 9.56. The molecule has 3 rings (SSSR count). The summed E-state index contributed by atoms with van der Waals surface area (Å²) < 4.78 is 21.8. The summed E-state index contributed by atoms with van der Waals surface area (Å²) in [6.45, 7) is 3.84. The summed E-state index contributed by atoms with van der Waals surface area (Å²) in [5, 5.41) is 17.3. The number of phenolic OH excluding ortho intramolecular Hbond substituents is 2. The van der Waals surface area contributed by atoms with Crippen LogP contribution in [0.25, 0.3) is 0 Å². The van der Waals surface area contributed by atoms with Crippen LogP contribution in [0.2, 0.25) is 0 Å². The summed E-state index contributed by atoms with van der Waals surface area (Å²) >= 11 is 0. The number of benzene rings is 3. The number of phosphoric ester groups is 1. The fourth-order valence-corrected chi connectivity index (χ4v) is 2.75. The Morgan fingerprint density at radius 3 is 1.22 bits per heavy atom. The number of aromatic hydroxyl groups is 2. The van der Waals surface area contributed by atoms with Crippen molar-refractivity contribution >= 4 is 7.82 Å². The van der Waals surface area contributed by atoms with Crippen molar-refractivity contribution in [3.63, 3.8) is 0 Å². The Kier molecular flexibility index (Phi) is 6.88. The molecular formula is C20H21O6P. The first-order chi connectivity index (χ1) is 12.7. The Morgan fingerprint density at radius 2 is 0.926 bits per heavy atom. The van der Waals surface area contributed by atoms with E-state index in [0.717, 1.165) is 11.1 Å². The highest BCUT2D eigenvalue weighted by Gasteiger charge is 2.24. The molecule has 0 aromatic heterocycles. The summed E-state index contributed by atoms with van der Waals surface area (Å²) in [5.74, 6) is 0.928. The molecule has 6 nitrogen and oxygen atoms in total. The smallest absolute Gasteiger partial charge is 0.508 e. The topological polar surface area (TPSA) is 96.2 Å². The van der Waals surface area contributed by atoms with Crippen molar-refractivity contribution in [2.45, 2.75) is 13.8 Å². The van der Waals surface area contributed by atoms with Crippen molar-refractivity contribution < 1.29 is 28.7 Å². The fraction of sp³-hybridized carbons (Fsp3) is 0.100. The third-order valence-corrected chi connectivity index (χ3v) is 4.22. The van der Waals surface area contributed by atoms with Gasteiger partial charge in [-0.25, -0.2) is 4.57 Å². The van der Waals surface area contributed by atoms with E-state index in [1.54, 1.807) is 48.5 Å². The van der Waals surface area contributed by atoms with Gasteiger partial charge in [-0.2, -0.15) is 0 Å². The predicted octanol–water partition coefficient (Wildman–Crippen LogP) is 4.96. The number of phosphoric acid groups is 1. The molecule has 0 fully saturated rings. The summed E-state index contributed by atoms with van der Waals surface area (Å²) in [6, 6.07) is 19.4. The molecule has 0 bridgehead atoms. The van der Waals surface area contributed by atoms with E-state index in [-0.39, 0.29) is 11.5 Å². The van der Waals surface area contributed by atoms with E-state index in [1.165, 1.54) is 24.3 Å². The number of aryl methyl sites for hydroxylation is 2. The molecule has 3 aromatic carbocycles. The van der Waals surface area contributed by atoms with Gasteiger partial charge in [-0.1, -0.05) is 35.4 Å². The van der Waals surface area contributed by atoms with Crippen LogP contribution in [0.5, 0.6) is 23.0 Å². The van der Waals surface area contributed by atoms with E-state index in [0.29, 0.717) is 11.5 Å². The summed E-state index contributed by atoms with van der Waals surface area (Å²) in [4.78, 5) is 9.67. The fourth-order valence-electron chi connectivity index (χ4n) is 1.94. The lowest BCUT2D eigenvalue weighted by molar-refractivity contribution is 0.291. The van der Waals surface area contributed by atoms with Crippen LogP contribution < -0.4 is 9.05 Å². The Hall–Kier alpha value is -2.95. The summed E-state index contributed by atoms with van der Waals surface area (Å²) in [5.41, 5.74) is 2.08. The van der Waals surface area contributed by atoms with Crippen molar-refractivity contribution in [2.75, 3.05) is 0 Å². The van der Waals surface area contributed by atoms with Crippen molar-refractivity contribution in [3.8, 4) is 23.0 Å². The molecule has 0 atom stereocenters. The quantitative estimate of drug-likeness (QED) is 0.432. The van der Waals surface area contributed by atoms with Gasteiger partial charge in [0.2, 0.25) is 0 Å². The van der Waals surface area contributed by atoms with E-state index in [1.807, 2.05) is 13.8 Å². The highest BCUT2D eigenvalue weighted by atomic mass is 31.2. The average Bonchev–Trinajstić information content (AvgIpc) is 2.62. The van der Waals surface area contributed by atoms with Gasteiger partial charge in [-0.3, -0.25) is 4.89 Å². The zero-order valence-corrected chi connectivity index (χ0v) is 15.8. The Morgan fingerprint density at radius 1 is 0.630 bits per heavy atom. The lowest BCUT2D eigenvalue weighted by Crippen LogP contribution is -1.99. The van der Waals surface area contributed by atoms with Gasteiger partial charge < -0.3 is 19.3 Å². The van der Waals surface area contributed by atoms with Gasteiger partial charge in [0.15, 0.2) is 0 Å². The zero-order chi connectivity index (χ0) is 19.9. The van der Waals surface area contributed by atoms with Crippen LogP contribution in [0.15, 0.2) is 72.8 Å². The van der Waals surface area contributed by atoms with E-state index in [2.05, 4.69) is 0 Å². The molecule has 0 unspecified atom stereocenters. The van der Waals surface area contributed by atoms with Crippen LogP contribution in [0, 0.1) is 13.8 Å². The monoisotopic (exact) mass is 388 g/mol. The lowest BCUT2D eigenvalue weighted by atomic mass is 10.2. The third kappa shape index (κ3) is 7.44. The van der Waals surface area contributed by atoms with Crippen LogP contribution in [0.4, 0.5) is 0 Å². The third-order valence-electron chi connectivity index (χ3n) is 3.33. The van der Waals surface area contributed by atoms with E-state index in [4.69, 9.17) is 19.3 Å². The Balaban J connectivity index is 0.000000273. The highest BCUT2D eigenvalue weighted by molar-refractivity contribution is 7.48. The van der Waals surface area contributed by atoms with Gasteiger partial charge >= 0.3 is 7.82 Å². The maximum Gasteiger partial charge on any atom is 0.584 e. The van der Waals surface area contributed by atoms with E-state index < -0.39 is 7.82 Å². The minimum atomic E-state index is -4.17. The Labute approximate surface area is 157 Å². The first-order valence-electron chi connectivity index (χ1n) is 8.07. The molecule has 27 heavy (non-hydrogen) atoms. The van der Waals surface area contributed by atoms with Gasteiger partial charge in [-0.05, 0) is 62.4 Å². The molecule has 0 aliphatic carbocycles. The second-order valence-corrected chi connectivity index (χ2v) is 7.10. The Bertz CT molecular complexity index is 817. The minimum absolute atomic E-state index is 0.169. The number of hydrogen-bond donors (Lipinski definition) is 3. The average molecular weight is 388 g/mol. The molecule has 7 heteroatoms. The van der Waals surface area contributed by atoms with Crippen LogP contribution >= 0.6 is 7.82 Å². The molecule has 0 saturated carbocycles. The largest absolute Gasteiger partial charge is 0.584 e. The zero-order valence-electron chi connectivity index (χ0n) is 14.9. The van der Waals surface area contributed by atoms with Crippen LogP contribution in [-0.4, -0.2) is 15.1 Å². The standard InChI is InChI=1S/C14H15O4P.C6H6O2/c1-11-3-7-13(8-4-11)17-19(15,16)18-14-9-5-12(2)6-10-14;7-5-1-2-6(8)4-3-5/h3-10H,1-2H3,(H,15,16);1-4,7-8H. The van der Waals surface area contributed by atoms with Crippen LogP contribution in [0.3, 0.4) is 0 Å². The second-order valence-electron chi connectivity index (χ2n) is 5.79. The number of phenols is 2. The molecule has 0 radical (unpaired) electrons. The van der Waals surface area contributed by atoms with Gasteiger partial charge in [-0.15, -0.1) is 0 Å². The van der Waals surface area contributed by atoms with E-state index in [9.17, 15) is 9.46 Å². The number of rotatable bonds is 4. The van der Waals surface area contributed by atoms with Crippen molar-refractivity contribution in [1.29, 1.82) is 0 Å². The van der Waals surface area contributed by atoms with Crippen molar-refractivity contribution in [1.82, 2.24) is 0 Å². The molecule has 0 amide bonds. The second kappa shape index (κ2) is 9.12. The molecule has 0 aliphatic heterocycles. The molecule has 0 heterocycles. The molecule has 3 N–H and O–H groups in total. The van der Waals surface area contributed by atoms with Crippen molar-refractivity contribution in [3.05, 3.63) is 83.9 Å².